The molecule has 2 rings (SSSR count). The Kier molecular flexibility index (Phi) is 3.98. The molecule has 0 aliphatic rings. The lowest BCUT2D eigenvalue weighted by atomic mass is 10.5. The highest BCUT2D eigenvalue weighted by Gasteiger charge is 2.05. The Morgan fingerprint density at radius 3 is 3.00 bits per heavy atom. The predicted molar refractivity (Wildman–Crippen MR) is 71.2 cm³/mol. The average Bonchev–Trinajstić information content (AvgIpc) is 2.83. The number of rotatable bonds is 5. The molecule has 0 aliphatic heterocycles. The Bertz CT molecular complexity index is 525. The number of anilines is 2. The number of nitrogens with two attached hydrogens (primary N) is 1. The Labute approximate surface area is 109 Å². The molecule has 0 aliphatic carbocycles. The molecule has 7 nitrogen and oxygen atoms in total. The Morgan fingerprint density at radius 1 is 1.44 bits per heavy atom. The second kappa shape index (κ2) is 5.67. The summed E-state index contributed by atoms with van der Waals surface area (Å²) in [7, 11) is 0. The fraction of sp³-hybridized carbons (Fsp3) is 0.400. The predicted octanol–water partition coefficient (Wildman–Crippen LogP) is 1.00. The lowest BCUT2D eigenvalue weighted by molar-refractivity contribution is 0.706. The van der Waals surface area contributed by atoms with Gasteiger partial charge in [0.25, 0.3) is 0 Å². The van der Waals surface area contributed by atoms with E-state index in [9.17, 15) is 0 Å². The van der Waals surface area contributed by atoms with E-state index in [1.165, 1.54) is 11.8 Å². The van der Waals surface area contributed by atoms with Crippen LogP contribution >= 0.6 is 11.8 Å². The maximum Gasteiger partial charge on any atom is 0.191 e. The molecule has 0 bridgehead atoms. The van der Waals surface area contributed by atoms with Crippen molar-refractivity contribution < 1.29 is 0 Å². The number of nitrogen functional groups attached to an aromatic ring is 1. The molecule has 2 aromatic heterocycles. The van der Waals surface area contributed by atoms with Crippen LogP contribution in [0.5, 0.6) is 0 Å². The summed E-state index contributed by atoms with van der Waals surface area (Å²) in [5.74, 6) is 2.01. The zero-order valence-corrected chi connectivity index (χ0v) is 11.1. The van der Waals surface area contributed by atoms with Crippen LogP contribution < -0.4 is 11.1 Å². The number of hydrogen-bond donors (Lipinski definition) is 2. The van der Waals surface area contributed by atoms with Gasteiger partial charge in [-0.2, -0.15) is 0 Å². The lowest BCUT2D eigenvalue weighted by Gasteiger charge is -2.07. The molecule has 0 saturated heterocycles. The molecule has 2 aromatic rings. The van der Waals surface area contributed by atoms with Gasteiger partial charge in [-0.05, 0) is 13.2 Å². The van der Waals surface area contributed by atoms with E-state index in [-0.39, 0.29) is 0 Å². The number of thioether (sulfide) groups is 1. The van der Waals surface area contributed by atoms with Crippen LogP contribution in [0.1, 0.15) is 12.7 Å². The minimum absolute atomic E-state index is 0.453. The summed E-state index contributed by atoms with van der Waals surface area (Å²) in [6.07, 6.45) is 3.62. The van der Waals surface area contributed by atoms with Crippen LogP contribution in [-0.2, 0) is 13.1 Å². The van der Waals surface area contributed by atoms with Gasteiger partial charge in [0.2, 0.25) is 0 Å². The molecular formula is C10H15N7S. The third kappa shape index (κ3) is 2.89. The molecule has 0 aromatic carbocycles. The number of aromatic nitrogens is 5. The van der Waals surface area contributed by atoms with E-state index in [2.05, 4.69) is 25.5 Å². The van der Waals surface area contributed by atoms with Crippen LogP contribution in [0.25, 0.3) is 0 Å². The molecule has 0 unspecified atom stereocenters. The molecule has 0 amide bonds. The highest BCUT2D eigenvalue weighted by molar-refractivity contribution is 7.98. The van der Waals surface area contributed by atoms with Gasteiger partial charge in [-0.1, -0.05) is 11.8 Å². The molecule has 0 spiro atoms. The highest BCUT2D eigenvalue weighted by Crippen LogP contribution is 2.15. The second-order valence-electron chi connectivity index (χ2n) is 3.55. The van der Waals surface area contributed by atoms with Gasteiger partial charge in [-0.15, -0.1) is 10.2 Å². The standard InChI is InChI=1S/C10H15N7S/c1-3-17-6-13-16-9(17)5-12-8-4-7(11)14-10(15-8)18-2/h4,6H,3,5H2,1-2H3,(H3,11,12,14,15). The van der Waals surface area contributed by atoms with Gasteiger partial charge >= 0.3 is 0 Å². The van der Waals surface area contributed by atoms with E-state index >= 15 is 0 Å². The van der Waals surface area contributed by atoms with E-state index in [0.717, 1.165) is 12.4 Å². The number of aryl methyl sites for hydroxylation is 1. The molecule has 0 radical (unpaired) electrons. The van der Waals surface area contributed by atoms with E-state index < -0.39 is 0 Å². The molecular weight excluding hydrogens is 250 g/mol. The molecule has 0 saturated carbocycles. The molecule has 3 N–H and O–H groups in total. The number of nitrogens with zero attached hydrogens (tertiary/aromatic N) is 5. The molecule has 18 heavy (non-hydrogen) atoms. The minimum atomic E-state index is 0.453. The second-order valence-corrected chi connectivity index (χ2v) is 4.32. The SMILES string of the molecule is CCn1cnnc1CNc1cc(N)nc(SC)n1. The van der Waals surface area contributed by atoms with Gasteiger partial charge in [0, 0.05) is 12.6 Å². The Balaban J connectivity index is 2.08. The van der Waals surface area contributed by atoms with Gasteiger partial charge in [0.1, 0.15) is 18.0 Å². The molecule has 8 heteroatoms. The lowest BCUT2D eigenvalue weighted by Crippen LogP contribution is -2.09. The van der Waals surface area contributed by atoms with Crippen LogP contribution in [0, 0.1) is 0 Å². The summed E-state index contributed by atoms with van der Waals surface area (Å²) in [5.41, 5.74) is 5.70. The summed E-state index contributed by atoms with van der Waals surface area (Å²) in [6.45, 7) is 3.44. The van der Waals surface area contributed by atoms with E-state index in [0.29, 0.717) is 23.3 Å². The highest BCUT2D eigenvalue weighted by atomic mass is 32.2. The quantitative estimate of drug-likeness (QED) is 0.615. The van der Waals surface area contributed by atoms with Gasteiger partial charge in [0.05, 0.1) is 6.54 Å². The number of hydrogen-bond acceptors (Lipinski definition) is 7. The minimum Gasteiger partial charge on any atom is -0.383 e. The molecule has 0 fully saturated rings. The fourth-order valence-electron chi connectivity index (χ4n) is 1.47. The monoisotopic (exact) mass is 265 g/mol. The van der Waals surface area contributed by atoms with Crippen LogP contribution in [0.3, 0.4) is 0 Å². The number of nitrogens with one attached hydrogen (secondary N) is 1. The van der Waals surface area contributed by atoms with E-state index in [1.807, 2.05) is 17.7 Å². The van der Waals surface area contributed by atoms with E-state index in [1.54, 1.807) is 12.4 Å². The van der Waals surface area contributed by atoms with Crippen molar-refractivity contribution in [2.45, 2.75) is 25.2 Å². The summed E-state index contributed by atoms with van der Waals surface area (Å²) in [6, 6.07) is 1.70. The van der Waals surface area contributed by atoms with Crippen molar-refractivity contribution in [3.05, 3.63) is 18.2 Å². The maximum absolute atomic E-state index is 5.70. The van der Waals surface area contributed by atoms with Crippen molar-refractivity contribution in [3.63, 3.8) is 0 Å². The smallest absolute Gasteiger partial charge is 0.191 e. The molecule has 96 valence electrons. The third-order valence-electron chi connectivity index (χ3n) is 2.37. The van der Waals surface area contributed by atoms with Crippen molar-refractivity contribution in [1.29, 1.82) is 0 Å². The Hall–Kier alpha value is -1.83. The van der Waals surface area contributed by atoms with Crippen molar-refractivity contribution in [3.8, 4) is 0 Å². The Morgan fingerprint density at radius 2 is 2.28 bits per heavy atom. The maximum atomic E-state index is 5.70. The molecule has 2 heterocycles. The first-order valence-corrected chi connectivity index (χ1v) is 6.74. The van der Waals surface area contributed by atoms with Gasteiger partial charge in [-0.3, -0.25) is 0 Å². The average molecular weight is 265 g/mol. The summed E-state index contributed by atoms with van der Waals surface area (Å²) in [5, 5.41) is 11.7. The van der Waals surface area contributed by atoms with Gasteiger partial charge in [0.15, 0.2) is 11.0 Å². The first-order chi connectivity index (χ1) is 8.72. The normalized spacial score (nSPS) is 10.6. The third-order valence-corrected chi connectivity index (χ3v) is 2.92. The first kappa shape index (κ1) is 12.6. The van der Waals surface area contributed by atoms with Crippen molar-refractivity contribution in [2.75, 3.05) is 17.3 Å². The largest absolute Gasteiger partial charge is 0.383 e. The van der Waals surface area contributed by atoms with Gasteiger partial charge in [-0.25, -0.2) is 9.97 Å². The topological polar surface area (TPSA) is 94.5 Å². The van der Waals surface area contributed by atoms with Crippen LogP contribution in [0.4, 0.5) is 11.6 Å². The fourth-order valence-corrected chi connectivity index (χ4v) is 1.86. The van der Waals surface area contributed by atoms with Crippen LogP contribution in [0.2, 0.25) is 0 Å². The van der Waals surface area contributed by atoms with E-state index in [4.69, 9.17) is 5.73 Å². The van der Waals surface area contributed by atoms with Crippen molar-refractivity contribution in [2.24, 2.45) is 0 Å². The van der Waals surface area contributed by atoms with Crippen molar-refractivity contribution in [1.82, 2.24) is 24.7 Å². The van der Waals surface area contributed by atoms with Crippen molar-refractivity contribution >= 4 is 23.4 Å². The summed E-state index contributed by atoms with van der Waals surface area (Å²) >= 11 is 1.45. The first-order valence-electron chi connectivity index (χ1n) is 5.52. The van der Waals surface area contributed by atoms with Gasteiger partial charge < -0.3 is 15.6 Å². The summed E-state index contributed by atoms with van der Waals surface area (Å²) < 4.78 is 1.97. The van der Waals surface area contributed by atoms with Crippen LogP contribution in [0.15, 0.2) is 17.6 Å². The molecule has 0 atom stereocenters. The zero-order valence-electron chi connectivity index (χ0n) is 10.3. The zero-order chi connectivity index (χ0) is 13.0. The summed E-state index contributed by atoms with van der Waals surface area (Å²) in [4.78, 5) is 8.40. The van der Waals surface area contributed by atoms with Crippen LogP contribution in [-0.4, -0.2) is 31.0 Å².